The van der Waals surface area contributed by atoms with Crippen LogP contribution in [0.4, 0.5) is 15.9 Å². The van der Waals surface area contributed by atoms with Crippen LogP contribution in [0.2, 0.25) is 0 Å². The predicted molar refractivity (Wildman–Crippen MR) is 143 cm³/mol. The number of nitrogen functional groups attached to an aromatic ring is 1. The summed E-state index contributed by atoms with van der Waals surface area (Å²) >= 11 is 0. The number of phenolic OH excluding ortho intramolecular Hbond substituents is 1. The number of nitrogens with two attached hydrogens (primary N) is 1. The standard InChI is InChI=1S/C28H25FN6O2/c1-4-21-25-27(28(34-15-33-25)32-13-17-5-8-20(37-3)9-6-17)35(19-7-10-23(36)22(29)12-19)26(21)24-16(2)11-18(30)14-31-24/h4-12,14-15,36H,1,13,30H2,2-3H3,(H,32,33,34). The van der Waals surface area contributed by atoms with E-state index in [4.69, 9.17) is 10.5 Å². The number of ether oxygens (including phenoxy) is 1. The van der Waals surface area contributed by atoms with Crippen molar-refractivity contribution in [1.29, 1.82) is 0 Å². The van der Waals surface area contributed by atoms with Crippen LogP contribution in [-0.4, -0.2) is 31.7 Å². The summed E-state index contributed by atoms with van der Waals surface area (Å²) in [6.45, 7) is 6.40. The number of rotatable bonds is 7. The largest absolute Gasteiger partial charge is 0.505 e. The van der Waals surface area contributed by atoms with Gasteiger partial charge in [-0.2, -0.15) is 0 Å². The number of halogens is 1. The fourth-order valence-corrected chi connectivity index (χ4v) is 4.35. The summed E-state index contributed by atoms with van der Waals surface area (Å²) < 4.78 is 21.7. The fraction of sp³-hybridized carbons (Fsp3) is 0.107. The lowest BCUT2D eigenvalue weighted by atomic mass is 10.1. The summed E-state index contributed by atoms with van der Waals surface area (Å²) in [5.41, 5.74) is 12.0. The molecule has 3 heterocycles. The molecule has 0 aliphatic carbocycles. The highest BCUT2D eigenvalue weighted by molar-refractivity contribution is 6.01. The molecular formula is C28H25FN6O2. The van der Waals surface area contributed by atoms with E-state index in [1.165, 1.54) is 18.5 Å². The smallest absolute Gasteiger partial charge is 0.166 e. The Morgan fingerprint density at radius 3 is 2.59 bits per heavy atom. The number of aromatic hydroxyl groups is 1. The minimum absolute atomic E-state index is 0.443. The molecule has 186 valence electrons. The predicted octanol–water partition coefficient (Wildman–Crippen LogP) is 5.48. The second kappa shape index (κ2) is 9.62. The zero-order valence-corrected chi connectivity index (χ0v) is 20.4. The molecule has 0 saturated heterocycles. The summed E-state index contributed by atoms with van der Waals surface area (Å²) in [6.07, 6.45) is 4.74. The van der Waals surface area contributed by atoms with Crippen LogP contribution in [-0.2, 0) is 6.54 Å². The molecule has 9 heteroatoms. The lowest BCUT2D eigenvalue weighted by Gasteiger charge is -2.15. The van der Waals surface area contributed by atoms with Gasteiger partial charge in [0.2, 0.25) is 0 Å². The van der Waals surface area contributed by atoms with Crippen molar-refractivity contribution in [2.75, 3.05) is 18.2 Å². The first-order chi connectivity index (χ1) is 17.9. The van der Waals surface area contributed by atoms with E-state index < -0.39 is 11.6 Å². The van der Waals surface area contributed by atoms with E-state index in [0.717, 1.165) is 16.9 Å². The number of nitrogens with zero attached hydrogens (tertiary/aromatic N) is 4. The summed E-state index contributed by atoms with van der Waals surface area (Å²) in [5.74, 6) is 0.110. The molecule has 0 atom stereocenters. The molecule has 5 rings (SSSR count). The molecule has 0 aliphatic rings. The summed E-state index contributed by atoms with van der Waals surface area (Å²) in [4.78, 5) is 13.7. The third-order valence-electron chi connectivity index (χ3n) is 6.12. The highest BCUT2D eigenvalue weighted by atomic mass is 19.1. The highest BCUT2D eigenvalue weighted by Gasteiger charge is 2.25. The molecule has 3 aromatic heterocycles. The van der Waals surface area contributed by atoms with Crippen molar-refractivity contribution in [2.45, 2.75) is 13.5 Å². The molecule has 37 heavy (non-hydrogen) atoms. The van der Waals surface area contributed by atoms with E-state index in [2.05, 4.69) is 26.8 Å². The van der Waals surface area contributed by atoms with Gasteiger partial charge in [0.15, 0.2) is 17.4 Å². The summed E-state index contributed by atoms with van der Waals surface area (Å²) in [7, 11) is 1.62. The highest BCUT2D eigenvalue weighted by Crippen LogP contribution is 2.39. The van der Waals surface area contributed by atoms with Gasteiger partial charge in [0.1, 0.15) is 23.1 Å². The van der Waals surface area contributed by atoms with E-state index in [1.807, 2.05) is 41.8 Å². The fourth-order valence-electron chi connectivity index (χ4n) is 4.35. The molecule has 5 aromatic rings. The molecule has 0 fully saturated rings. The minimum atomic E-state index is -0.753. The zero-order chi connectivity index (χ0) is 26.1. The Morgan fingerprint density at radius 2 is 1.92 bits per heavy atom. The van der Waals surface area contributed by atoms with Gasteiger partial charge in [-0.3, -0.25) is 4.98 Å². The first kappa shape index (κ1) is 23.8. The Hall–Kier alpha value is -4.92. The van der Waals surface area contributed by atoms with Crippen molar-refractivity contribution >= 4 is 28.6 Å². The second-order valence-electron chi connectivity index (χ2n) is 8.49. The van der Waals surface area contributed by atoms with Crippen LogP contribution in [0.5, 0.6) is 11.5 Å². The van der Waals surface area contributed by atoms with Crippen molar-refractivity contribution in [3.8, 4) is 28.6 Å². The van der Waals surface area contributed by atoms with Gasteiger partial charge in [-0.25, -0.2) is 14.4 Å². The van der Waals surface area contributed by atoms with Crippen molar-refractivity contribution in [2.24, 2.45) is 0 Å². The topological polar surface area (TPSA) is 111 Å². The van der Waals surface area contributed by atoms with Gasteiger partial charge in [0.25, 0.3) is 0 Å². The van der Waals surface area contributed by atoms with Crippen LogP contribution in [0.15, 0.2) is 67.6 Å². The monoisotopic (exact) mass is 496 g/mol. The van der Waals surface area contributed by atoms with Crippen molar-refractivity contribution < 1.29 is 14.2 Å². The number of hydrogen-bond acceptors (Lipinski definition) is 7. The van der Waals surface area contributed by atoms with Gasteiger partial charge < -0.3 is 25.5 Å². The maximum Gasteiger partial charge on any atom is 0.166 e. The van der Waals surface area contributed by atoms with Crippen molar-refractivity contribution in [3.05, 3.63) is 90.1 Å². The Bertz CT molecular complexity index is 1630. The molecule has 4 N–H and O–H groups in total. The third kappa shape index (κ3) is 4.31. The van der Waals surface area contributed by atoms with Gasteiger partial charge in [-0.1, -0.05) is 24.8 Å². The molecule has 0 radical (unpaired) electrons. The lowest BCUT2D eigenvalue weighted by molar-refractivity contribution is 0.414. The van der Waals surface area contributed by atoms with E-state index in [1.54, 1.807) is 25.4 Å². The molecule has 8 nitrogen and oxygen atoms in total. The molecule has 0 aliphatic heterocycles. The van der Waals surface area contributed by atoms with E-state index in [-0.39, 0.29) is 0 Å². The maximum absolute atomic E-state index is 14.6. The number of anilines is 2. The molecule has 0 spiro atoms. The van der Waals surface area contributed by atoms with Crippen LogP contribution < -0.4 is 15.8 Å². The molecule has 0 amide bonds. The summed E-state index contributed by atoms with van der Waals surface area (Å²) in [6, 6.07) is 13.7. The summed E-state index contributed by atoms with van der Waals surface area (Å²) in [5, 5.41) is 13.2. The number of pyridine rings is 1. The Morgan fingerprint density at radius 1 is 1.14 bits per heavy atom. The van der Waals surface area contributed by atoms with E-state index >= 15 is 0 Å². The number of aryl methyl sites for hydroxylation is 1. The first-order valence-corrected chi connectivity index (χ1v) is 11.5. The minimum Gasteiger partial charge on any atom is -0.505 e. The number of phenols is 1. The number of methoxy groups -OCH3 is 1. The average molecular weight is 497 g/mol. The number of fused-ring (bicyclic) bond motifs is 1. The van der Waals surface area contributed by atoms with Crippen LogP contribution in [0.3, 0.4) is 0 Å². The van der Waals surface area contributed by atoms with Gasteiger partial charge in [0, 0.05) is 23.9 Å². The average Bonchev–Trinajstić information content (AvgIpc) is 3.24. The second-order valence-corrected chi connectivity index (χ2v) is 8.49. The Balaban J connectivity index is 1.76. The van der Waals surface area contributed by atoms with Gasteiger partial charge in [0.05, 0.1) is 30.4 Å². The lowest BCUT2D eigenvalue weighted by Crippen LogP contribution is -2.06. The molecule has 0 saturated carbocycles. The van der Waals surface area contributed by atoms with Gasteiger partial charge in [-0.15, -0.1) is 0 Å². The number of aromatic nitrogens is 4. The molecule has 2 aromatic carbocycles. The van der Waals surface area contributed by atoms with Crippen LogP contribution >= 0.6 is 0 Å². The van der Waals surface area contributed by atoms with E-state index in [0.29, 0.717) is 51.7 Å². The van der Waals surface area contributed by atoms with Gasteiger partial charge in [-0.05, 0) is 48.4 Å². The Kier molecular flexibility index (Phi) is 6.19. The van der Waals surface area contributed by atoms with Crippen molar-refractivity contribution in [3.63, 3.8) is 0 Å². The quantitative estimate of drug-likeness (QED) is 0.274. The molecule has 0 bridgehead atoms. The SMILES string of the molecule is C=Cc1c(-c2ncc(N)cc2C)n(-c2ccc(O)c(F)c2)c2c(NCc3ccc(OC)cc3)ncnc12. The number of nitrogens with one attached hydrogen (secondary N) is 1. The van der Waals surface area contributed by atoms with Gasteiger partial charge >= 0.3 is 0 Å². The normalized spacial score (nSPS) is 11.0. The third-order valence-corrected chi connectivity index (χ3v) is 6.12. The van der Waals surface area contributed by atoms with E-state index in [9.17, 15) is 9.50 Å². The van der Waals surface area contributed by atoms with Crippen LogP contribution in [0, 0.1) is 12.7 Å². The molecule has 0 unspecified atom stereocenters. The number of benzene rings is 2. The van der Waals surface area contributed by atoms with Crippen molar-refractivity contribution in [1.82, 2.24) is 19.5 Å². The number of hydrogen-bond donors (Lipinski definition) is 3. The maximum atomic E-state index is 14.6. The molecular weight excluding hydrogens is 471 g/mol. The van der Waals surface area contributed by atoms with Crippen LogP contribution in [0.1, 0.15) is 16.7 Å². The van der Waals surface area contributed by atoms with Crippen LogP contribution in [0.25, 0.3) is 34.2 Å². The first-order valence-electron chi connectivity index (χ1n) is 11.5. The Labute approximate surface area is 212 Å². The zero-order valence-electron chi connectivity index (χ0n) is 20.4.